The summed E-state index contributed by atoms with van der Waals surface area (Å²) in [6.45, 7) is 5.70. The van der Waals surface area contributed by atoms with E-state index in [1.807, 2.05) is 13.8 Å². The smallest absolute Gasteiger partial charge is 0.255 e. The molecule has 1 aliphatic heterocycles. The standard InChI is InChI=1S/C19H27N3O5/c1-11(2)10-14-18(25)20-8-9-27-15-7-5-4-6-13(15)17(24)22-16(12(3)23)19(26)21-14/h4-7,11-12,14,16,23H,8-10H2,1-3H3,(H,20,25)(H,21,26)(H,22,24)/t12-,14+,16+/m1/s1. The molecule has 8 heteroatoms. The lowest BCUT2D eigenvalue weighted by molar-refractivity contribution is -0.131. The zero-order valence-corrected chi connectivity index (χ0v) is 15.8. The quantitative estimate of drug-likeness (QED) is 0.601. The van der Waals surface area contributed by atoms with Crippen LogP contribution in [0.5, 0.6) is 5.75 Å². The van der Waals surface area contributed by atoms with Gasteiger partial charge in [-0.3, -0.25) is 14.4 Å². The molecule has 0 bridgehead atoms. The van der Waals surface area contributed by atoms with Crippen LogP contribution in [0.25, 0.3) is 0 Å². The Kier molecular flexibility index (Phi) is 7.18. The lowest BCUT2D eigenvalue weighted by Crippen LogP contribution is -2.57. The molecule has 0 saturated carbocycles. The molecule has 0 unspecified atom stereocenters. The molecular weight excluding hydrogens is 350 g/mol. The second-order valence-electron chi connectivity index (χ2n) is 7.02. The highest BCUT2D eigenvalue weighted by molar-refractivity contribution is 6.00. The first-order chi connectivity index (χ1) is 12.8. The van der Waals surface area contributed by atoms with Gasteiger partial charge < -0.3 is 25.8 Å². The fourth-order valence-corrected chi connectivity index (χ4v) is 2.83. The van der Waals surface area contributed by atoms with Gasteiger partial charge >= 0.3 is 0 Å². The molecule has 148 valence electrons. The minimum Gasteiger partial charge on any atom is -0.491 e. The Morgan fingerprint density at radius 3 is 2.48 bits per heavy atom. The highest BCUT2D eigenvalue weighted by atomic mass is 16.5. The summed E-state index contributed by atoms with van der Waals surface area (Å²) in [6, 6.07) is 4.64. The van der Waals surface area contributed by atoms with Gasteiger partial charge in [0.25, 0.3) is 5.91 Å². The summed E-state index contributed by atoms with van der Waals surface area (Å²) in [6.07, 6.45) is -0.714. The lowest BCUT2D eigenvalue weighted by Gasteiger charge is -2.25. The molecule has 0 aromatic heterocycles. The number of nitrogens with one attached hydrogen (secondary N) is 3. The van der Waals surface area contributed by atoms with Crippen molar-refractivity contribution in [2.24, 2.45) is 5.92 Å². The van der Waals surface area contributed by atoms with E-state index in [4.69, 9.17) is 4.74 Å². The van der Waals surface area contributed by atoms with Crippen molar-refractivity contribution in [1.29, 1.82) is 0 Å². The van der Waals surface area contributed by atoms with Gasteiger partial charge in [0.15, 0.2) is 0 Å². The number of hydrogen-bond donors (Lipinski definition) is 4. The third-order valence-electron chi connectivity index (χ3n) is 4.18. The number of amides is 3. The fourth-order valence-electron chi connectivity index (χ4n) is 2.83. The molecule has 8 nitrogen and oxygen atoms in total. The van der Waals surface area contributed by atoms with Gasteiger partial charge in [0, 0.05) is 0 Å². The van der Waals surface area contributed by atoms with Crippen LogP contribution in [0, 0.1) is 5.92 Å². The normalized spacial score (nSPS) is 22.8. The Labute approximate surface area is 158 Å². The highest BCUT2D eigenvalue weighted by Crippen LogP contribution is 2.18. The zero-order valence-electron chi connectivity index (χ0n) is 15.8. The summed E-state index contributed by atoms with van der Waals surface area (Å²) < 4.78 is 5.62. The maximum atomic E-state index is 12.7. The molecular formula is C19H27N3O5. The van der Waals surface area contributed by atoms with E-state index < -0.39 is 30.0 Å². The van der Waals surface area contributed by atoms with E-state index in [1.165, 1.54) is 6.92 Å². The monoisotopic (exact) mass is 377 g/mol. The van der Waals surface area contributed by atoms with Gasteiger partial charge in [-0.2, -0.15) is 0 Å². The van der Waals surface area contributed by atoms with Gasteiger partial charge in [-0.1, -0.05) is 26.0 Å². The van der Waals surface area contributed by atoms with E-state index in [2.05, 4.69) is 16.0 Å². The molecule has 0 spiro atoms. The lowest BCUT2D eigenvalue weighted by atomic mass is 10.0. The summed E-state index contributed by atoms with van der Waals surface area (Å²) in [5.41, 5.74) is 0.250. The van der Waals surface area contributed by atoms with Crippen LogP contribution in [0.15, 0.2) is 24.3 Å². The Morgan fingerprint density at radius 2 is 1.81 bits per heavy atom. The maximum Gasteiger partial charge on any atom is 0.255 e. The molecule has 1 heterocycles. The number of para-hydroxylation sites is 1. The number of aliphatic hydroxyl groups excluding tert-OH is 1. The molecule has 1 aromatic carbocycles. The molecule has 2 rings (SSSR count). The van der Waals surface area contributed by atoms with Gasteiger partial charge in [-0.25, -0.2) is 0 Å². The SMILES string of the molecule is CC(C)C[C@@H]1NC(=O)[C@H]([C@@H](C)O)NC(=O)c2ccccc2OCCNC1=O. The summed E-state index contributed by atoms with van der Waals surface area (Å²) in [7, 11) is 0. The second-order valence-corrected chi connectivity index (χ2v) is 7.02. The number of aliphatic hydroxyl groups is 1. The molecule has 3 atom stereocenters. The van der Waals surface area contributed by atoms with Gasteiger partial charge in [-0.05, 0) is 31.4 Å². The fraction of sp³-hybridized carbons (Fsp3) is 0.526. The Bertz CT molecular complexity index is 690. The number of rotatable bonds is 3. The molecule has 27 heavy (non-hydrogen) atoms. The molecule has 0 aliphatic carbocycles. The number of benzene rings is 1. The second kappa shape index (κ2) is 9.36. The Hall–Kier alpha value is -2.61. The van der Waals surface area contributed by atoms with Crippen molar-refractivity contribution in [3.8, 4) is 5.75 Å². The Balaban J connectivity index is 2.33. The summed E-state index contributed by atoms with van der Waals surface area (Å²) >= 11 is 0. The van der Waals surface area contributed by atoms with Crippen LogP contribution in [0.1, 0.15) is 37.6 Å². The first kappa shape index (κ1) is 20.7. The van der Waals surface area contributed by atoms with E-state index in [-0.39, 0.29) is 30.5 Å². The predicted octanol–water partition coefficient (Wildman–Crippen LogP) is 0.205. The molecule has 3 amide bonds. The van der Waals surface area contributed by atoms with Gasteiger partial charge in [-0.15, -0.1) is 0 Å². The number of carbonyl (C=O) groups is 3. The van der Waals surface area contributed by atoms with Crippen LogP contribution in [0.2, 0.25) is 0 Å². The van der Waals surface area contributed by atoms with Crippen LogP contribution in [0.4, 0.5) is 0 Å². The van der Waals surface area contributed by atoms with Crippen LogP contribution in [0.3, 0.4) is 0 Å². The minimum atomic E-state index is -1.20. The topological polar surface area (TPSA) is 117 Å². The third kappa shape index (κ3) is 5.68. The first-order valence-electron chi connectivity index (χ1n) is 9.08. The molecule has 4 N–H and O–H groups in total. The average molecular weight is 377 g/mol. The van der Waals surface area contributed by atoms with E-state index in [0.29, 0.717) is 12.2 Å². The van der Waals surface area contributed by atoms with Gasteiger partial charge in [0.1, 0.15) is 24.4 Å². The van der Waals surface area contributed by atoms with Crippen molar-refractivity contribution < 1.29 is 24.2 Å². The zero-order chi connectivity index (χ0) is 20.0. The van der Waals surface area contributed by atoms with Crippen molar-refractivity contribution in [2.45, 2.75) is 45.4 Å². The van der Waals surface area contributed by atoms with Crippen LogP contribution in [-0.2, 0) is 9.59 Å². The van der Waals surface area contributed by atoms with Crippen LogP contribution >= 0.6 is 0 Å². The average Bonchev–Trinajstić information content (AvgIpc) is 2.61. The number of ether oxygens (including phenoxy) is 1. The molecule has 0 saturated heterocycles. The number of carbonyl (C=O) groups excluding carboxylic acids is 3. The third-order valence-corrected chi connectivity index (χ3v) is 4.18. The predicted molar refractivity (Wildman–Crippen MR) is 99.3 cm³/mol. The van der Waals surface area contributed by atoms with Crippen LogP contribution in [-0.4, -0.2) is 54.2 Å². The minimum absolute atomic E-state index is 0.164. The van der Waals surface area contributed by atoms with Crippen molar-refractivity contribution >= 4 is 17.7 Å². The van der Waals surface area contributed by atoms with E-state index in [1.54, 1.807) is 24.3 Å². The maximum absolute atomic E-state index is 12.7. The van der Waals surface area contributed by atoms with Gasteiger partial charge in [0.05, 0.1) is 18.2 Å². The summed E-state index contributed by atoms with van der Waals surface area (Å²) in [4.78, 5) is 37.7. The molecule has 1 aliphatic rings. The van der Waals surface area contributed by atoms with E-state index in [0.717, 1.165) is 0 Å². The summed E-state index contributed by atoms with van der Waals surface area (Å²) in [5.74, 6) is -0.977. The van der Waals surface area contributed by atoms with Crippen molar-refractivity contribution in [2.75, 3.05) is 13.2 Å². The van der Waals surface area contributed by atoms with Crippen molar-refractivity contribution in [3.63, 3.8) is 0 Å². The Morgan fingerprint density at radius 1 is 1.11 bits per heavy atom. The van der Waals surface area contributed by atoms with Crippen molar-refractivity contribution in [3.05, 3.63) is 29.8 Å². The molecule has 0 radical (unpaired) electrons. The largest absolute Gasteiger partial charge is 0.491 e. The first-order valence-corrected chi connectivity index (χ1v) is 9.08. The van der Waals surface area contributed by atoms with Crippen LogP contribution < -0.4 is 20.7 Å². The number of fused-ring (bicyclic) bond motifs is 1. The molecule has 0 fully saturated rings. The summed E-state index contributed by atoms with van der Waals surface area (Å²) in [5, 5.41) is 17.9. The van der Waals surface area contributed by atoms with Crippen molar-refractivity contribution in [1.82, 2.24) is 16.0 Å². The number of hydrogen-bond acceptors (Lipinski definition) is 5. The van der Waals surface area contributed by atoms with E-state index >= 15 is 0 Å². The van der Waals surface area contributed by atoms with E-state index in [9.17, 15) is 19.5 Å². The van der Waals surface area contributed by atoms with Gasteiger partial charge in [0.2, 0.25) is 11.8 Å². The highest BCUT2D eigenvalue weighted by Gasteiger charge is 2.31. The molecule has 1 aromatic rings.